The minimum Gasteiger partial charge on any atom is -0.459 e. The second kappa shape index (κ2) is 11.3. The van der Waals surface area contributed by atoms with E-state index >= 15 is 0 Å². The lowest BCUT2D eigenvalue weighted by Gasteiger charge is -2.21. The first-order chi connectivity index (χ1) is 11.7. The van der Waals surface area contributed by atoms with Crippen LogP contribution in [-0.4, -0.2) is 63.7 Å². The minimum atomic E-state index is -0.163. The molecule has 1 aromatic rings. The van der Waals surface area contributed by atoms with Crippen LogP contribution < -0.4 is 10.6 Å². The number of ether oxygens (including phenoxy) is 1. The molecule has 2 rings (SSSR count). The number of hydrogen-bond donors (Lipinski definition) is 2. The highest BCUT2D eigenvalue weighted by atomic mass is 127. The SMILES string of the molecule is CN=C(NCCCNC(=O)c1occc1C)N1CCC(COC)C1.I. The molecule has 0 aliphatic carbocycles. The van der Waals surface area contributed by atoms with E-state index < -0.39 is 0 Å². The Morgan fingerprint density at radius 3 is 2.84 bits per heavy atom. The summed E-state index contributed by atoms with van der Waals surface area (Å²) in [5.74, 6) is 1.72. The van der Waals surface area contributed by atoms with Crippen LogP contribution in [0.4, 0.5) is 0 Å². The largest absolute Gasteiger partial charge is 0.459 e. The van der Waals surface area contributed by atoms with Crippen LogP contribution in [-0.2, 0) is 4.74 Å². The van der Waals surface area contributed by atoms with Gasteiger partial charge >= 0.3 is 0 Å². The fourth-order valence-corrected chi connectivity index (χ4v) is 2.91. The third kappa shape index (κ3) is 6.50. The second-order valence-corrected chi connectivity index (χ2v) is 6.07. The van der Waals surface area contributed by atoms with Gasteiger partial charge in [0, 0.05) is 51.8 Å². The molecule has 2 heterocycles. The Labute approximate surface area is 166 Å². The van der Waals surface area contributed by atoms with E-state index in [2.05, 4.69) is 20.5 Å². The normalized spacial score (nSPS) is 17.3. The average molecular weight is 464 g/mol. The smallest absolute Gasteiger partial charge is 0.287 e. The molecule has 1 fully saturated rings. The summed E-state index contributed by atoms with van der Waals surface area (Å²) in [6.07, 6.45) is 3.48. The van der Waals surface area contributed by atoms with Gasteiger partial charge in [-0.05, 0) is 25.8 Å². The van der Waals surface area contributed by atoms with Gasteiger partial charge in [0.15, 0.2) is 11.7 Å². The summed E-state index contributed by atoms with van der Waals surface area (Å²) < 4.78 is 10.4. The number of carbonyl (C=O) groups is 1. The van der Waals surface area contributed by atoms with Crippen LogP contribution in [0.15, 0.2) is 21.7 Å². The van der Waals surface area contributed by atoms with E-state index in [1.165, 1.54) is 6.26 Å². The number of amides is 1. The van der Waals surface area contributed by atoms with Crippen molar-refractivity contribution in [3.8, 4) is 0 Å². The van der Waals surface area contributed by atoms with E-state index in [1.54, 1.807) is 20.2 Å². The molecule has 1 atom stereocenters. The number of carbonyl (C=O) groups excluding carboxylic acids is 1. The van der Waals surface area contributed by atoms with Gasteiger partial charge in [0.1, 0.15) is 0 Å². The molecule has 7 nitrogen and oxygen atoms in total. The van der Waals surface area contributed by atoms with Crippen LogP contribution in [0, 0.1) is 12.8 Å². The van der Waals surface area contributed by atoms with Crippen molar-refractivity contribution in [1.82, 2.24) is 15.5 Å². The molecule has 25 heavy (non-hydrogen) atoms. The Hall–Kier alpha value is -1.29. The highest BCUT2D eigenvalue weighted by Gasteiger charge is 2.24. The standard InChI is InChI=1S/C17H28N4O3.HI/c1-13-6-10-24-15(13)16(22)19-7-4-8-20-17(18-2)21-9-5-14(11-21)12-23-3;/h6,10,14H,4-5,7-9,11-12H2,1-3H3,(H,18,20)(H,19,22);1H. The molecular weight excluding hydrogens is 435 g/mol. The van der Waals surface area contributed by atoms with Crippen LogP contribution in [0.5, 0.6) is 0 Å². The topological polar surface area (TPSA) is 79.1 Å². The third-order valence-electron chi connectivity index (χ3n) is 4.19. The Morgan fingerprint density at radius 1 is 1.44 bits per heavy atom. The summed E-state index contributed by atoms with van der Waals surface area (Å²) >= 11 is 0. The number of hydrogen-bond acceptors (Lipinski definition) is 4. The summed E-state index contributed by atoms with van der Waals surface area (Å²) in [5, 5.41) is 6.22. The number of nitrogens with one attached hydrogen (secondary N) is 2. The van der Waals surface area contributed by atoms with Crippen LogP contribution in [0.25, 0.3) is 0 Å². The number of halogens is 1. The van der Waals surface area contributed by atoms with Gasteiger partial charge < -0.3 is 24.7 Å². The van der Waals surface area contributed by atoms with Crippen molar-refractivity contribution in [3.63, 3.8) is 0 Å². The van der Waals surface area contributed by atoms with Gasteiger partial charge in [-0.3, -0.25) is 9.79 Å². The predicted octanol–water partition coefficient (Wildman–Crippen LogP) is 1.87. The Balaban J connectivity index is 0.00000312. The monoisotopic (exact) mass is 464 g/mol. The van der Waals surface area contributed by atoms with Crippen LogP contribution in [0.2, 0.25) is 0 Å². The van der Waals surface area contributed by atoms with Crippen molar-refractivity contribution in [2.75, 3.05) is 46.9 Å². The fraction of sp³-hybridized carbons (Fsp3) is 0.647. The summed E-state index contributed by atoms with van der Waals surface area (Å²) in [4.78, 5) is 18.5. The van der Waals surface area contributed by atoms with Gasteiger partial charge in [-0.2, -0.15) is 0 Å². The molecular formula is C17H29IN4O3. The zero-order chi connectivity index (χ0) is 17.4. The van der Waals surface area contributed by atoms with Crippen molar-refractivity contribution in [2.45, 2.75) is 19.8 Å². The van der Waals surface area contributed by atoms with Gasteiger partial charge in [0.05, 0.1) is 12.9 Å². The summed E-state index contributed by atoms with van der Waals surface area (Å²) in [5.41, 5.74) is 0.852. The summed E-state index contributed by atoms with van der Waals surface area (Å²) in [6.45, 7) is 5.98. The number of rotatable bonds is 7. The number of likely N-dealkylation sites (tertiary alicyclic amines) is 1. The maximum Gasteiger partial charge on any atom is 0.287 e. The predicted molar refractivity (Wildman–Crippen MR) is 109 cm³/mol. The molecule has 0 radical (unpaired) electrons. The van der Waals surface area contributed by atoms with E-state index in [9.17, 15) is 4.79 Å². The van der Waals surface area contributed by atoms with Crippen molar-refractivity contribution < 1.29 is 13.9 Å². The number of methoxy groups -OCH3 is 1. The van der Waals surface area contributed by atoms with Gasteiger partial charge in [-0.15, -0.1) is 24.0 Å². The lowest BCUT2D eigenvalue weighted by atomic mass is 10.1. The van der Waals surface area contributed by atoms with E-state index in [0.717, 1.165) is 50.6 Å². The molecule has 142 valence electrons. The third-order valence-corrected chi connectivity index (χ3v) is 4.19. The van der Waals surface area contributed by atoms with Gasteiger partial charge in [-0.25, -0.2) is 0 Å². The van der Waals surface area contributed by atoms with Crippen LogP contribution >= 0.6 is 24.0 Å². The molecule has 1 aliphatic heterocycles. The van der Waals surface area contributed by atoms with Gasteiger partial charge in [0.25, 0.3) is 5.91 Å². The Bertz CT molecular complexity index is 562. The van der Waals surface area contributed by atoms with Crippen molar-refractivity contribution in [3.05, 3.63) is 23.7 Å². The molecule has 8 heteroatoms. The lowest BCUT2D eigenvalue weighted by Crippen LogP contribution is -2.41. The quantitative estimate of drug-likeness (QED) is 0.279. The highest BCUT2D eigenvalue weighted by Crippen LogP contribution is 2.16. The van der Waals surface area contributed by atoms with E-state index in [0.29, 0.717) is 18.2 Å². The number of aliphatic imine (C=N–C) groups is 1. The first-order valence-corrected chi connectivity index (χ1v) is 8.42. The fourth-order valence-electron chi connectivity index (χ4n) is 2.91. The summed E-state index contributed by atoms with van der Waals surface area (Å²) in [7, 11) is 3.54. The van der Waals surface area contributed by atoms with Gasteiger partial charge in [-0.1, -0.05) is 0 Å². The highest BCUT2D eigenvalue weighted by molar-refractivity contribution is 14.0. The molecule has 0 saturated carbocycles. The zero-order valence-electron chi connectivity index (χ0n) is 15.2. The number of furan rings is 1. The molecule has 1 aliphatic rings. The molecule has 0 spiro atoms. The van der Waals surface area contributed by atoms with Crippen molar-refractivity contribution in [2.24, 2.45) is 10.9 Å². The molecule has 0 aromatic carbocycles. The molecule has 1 amide bonds. The maximum absolute atomic E-state index is 11.9. The van der Waals surface area contributed by atoms with E-state index in [-0.39, 0.29) is 29.9 Å². The second-order valence-electron chi connectivity index (χ2n) is 6.07. The summed E-state index contributed by atoms with van der Waals surface area (Å²) in [6, 6.07) is 1.79. The van der Waals surface area contributed by atoms with Crippen LogP contribution in [0.3, 0.4) is 0 Å². The first kappa shape index (κ1) is 21.8. The molecule has 1 unspecified atom stereocenters. The number of aryl methyl sites for hydroxylation is 1. The number of guanidine groups is 1. The zero-order valence-corrected chi connectivity index (χ0v) is 17.5. The Morgan fingerprint density at radius 2 is 2.20 bits per heavy atom. The van der Waals surface area contributed by atoms with E-state index in [4.69, 9.17) is 9.15 Å². The van der Waals surface area contributed by atoms with Crippen LogP contribution in [0.1, 0.15) is 29.0 Å². The lowest BCUT2D eigenvalue weighted by molar-refractivity contribution is 0.0925. The average Bonchev–Trinajstić information content (AvgIpc) is 3.20. The number of nitrogens with zero attached hydrogens (tertiary/aromatic N) is 2. The Kier molecular flexibility index (Phi) is 9.88. The molecule has 1 aromatic heterocycles. The molecule has 0 bridgehead atoms. The molecule has 2 N–H and O–H groups in total. The van der Waals surface area contributed by atoms with E-state index in [1.807, 2.05) is 6.92 Å². The van der Waals surface area contributed by atoms with Gasteiger partial charge in [0.2, 0.25) is 0 Å². The van der Waals surface area contributed by atoms with Crippen molar-refractivity contribution >= 4 is 35.8 Å². The maximum atomic E-state index is 11.9. The first-order valence-electron chi connectivity index (χ1n) is 8.42. The molecule has 1 saturated heterocycles. The minimum absolute atomic E-state index is 0. The van der Waals surface area contributed by atoms with Crippen molar-refractivity contribution in [1.29, 1.82) is 0 Å².